The van der Waals surface area contributed by atoms with Gasteiger partial charge in [-0.1, -0.05) is 29.3 Å². The third-order valence-corrected chi connectivity index (χ3v) is 7.08. The fourth-order valence-electron chi connectivity index (χ4n) is 4.27. The summed E-state index contributed by atoms with van der Waals surface area (Å²) in [5.74, 6) is -0.957. The van der Waals surface area contributed by atoms with Crippen molar-refractivity contribution in [3.05, 3.63) is 104 Å². The van der Waals surface area contributed by atoms with Gasteiger partial charge >= 0.3 is 6.09 Å². The Morgan fingerprint density at radius 2 is 1.51 bits per heavy atom. The van der Waals surface area contributed by atoms with Crippen LogP contribution in [0.3, 0.4) is 0 Å². The number of rotatable bonds is 6. The van der Waals surface area contributed by atoms with Crippen LogP contribution in [0.4, 0.5) is 16.2 Å². The zero-order valence-corrected chi connectivity index (χ0v) is 26.1. The molecule has 0 spiro atoms. The van der Waals surface area contributed by atoms with E-state index < -0.39 is 17.6 Å². The molecule has 1 atom stereocenters. The number of hydrogen-bond donors (Lipinski definition) is 5. The van der Waals surface area contributed by atoms with Crippen LogP contribution in [-0.2, 0) is 9.53 Å². The van der Waals surface area contributed by atoms with Crippen LogP contribution in [0.15, 0.2) is 76.8 Å². The third-order valence-electron chi connectivity index (χ3n) is 6.34. The minimum Gasteiger partial charge on any atom is -0.444 e. The average molecular weight is 653 g/mol. The molecule has 0 radical (unpaired) electrons. The van der Waals surface area contributed by atoms with Gasteiger partial charge < -0.3 is 31.1 Å². The molecule has 0 bridgehead atoms. The summed E-state index contributed by atoms with van der Waals surface area (Å²) in [5.41, 5.74) is 7.30. The maximum Gasteiger partial charge on any atom is 0.407 e. The molecule has 1 unspecified atom stereocenters. The molecule has 12 nitrogen and oxygen atoms in total. The molecule has 0 aliphatic carbocycles. The van der Waals surface area contributed by atoms with Crippen LogP contribution >= 0.6 is 23.2 Å². The van der Waals surface area contributed by atoms with Crippen LogP contribution < -0.4 is 27.5 Å². The van der Waals surface area contributed by atoms with Gasteiger partial charge in [0.15, 0.2) is 0 Å². The molecule has 5 rings (SSSR count). The van der Waals surface area contributed by atoms with Gasteiger partial charge in [-0.2, -0.15) is 0 Å². The van der Waals surface area contributed by atoms with Crippen molar-refractivity contribution in [1.29, 1.82) is 0 Å². The molecule has 0 aliphatic heterocycles. The van der Waals surface area contributed by atoms with Gasteiger partial charge in [-0.05, 0) is 81.3 Å². The normalized spacial score (nSPS) is 11.8. The summed E-state index contributed by atoms with van der Waals surface area (Å²) in [6.45, 7) is 5.50. The molecular weight excluding hydrogens is 621 g/mol. The lowest BCUT2D eigenvalue weighted by Gasteiger charge is -2.21. The minimum absolute atomic E-state index is 0.139. The second kappa shape index (κ2) is 14.2. The van der Waals surface area contributed by atoms with E-state index in [-0.39, 0.29) is 30.0 Å². The third kappa shape index (κ3) is 9.03. The van der Waals surface area contributed by atoms with E-state index in [1.165, 1.54) is 12.7 Å². The Labute approximate surface area is 267 Å². The summed E-state index contributed by atoms with van der Waals surface area (Å²) in [4.78, 5) is 61.3. The maximum atomic E-state index is 13.2. The highest BCUT2D eigenvalue weighted by Crippen LogP contribution is 2.29. The number of nitrogens with one attached hydrogen (secondary N) is 4. The van der Waals surface area contributed by atoms with Crippen LogP contribution in [0.25, 0.3) is 21.8 Å². The molecule has 0 saturated heterocycles. The number of H-pyrrole nitrogens is 2. The van der Waals surface area contributed by atoms with Crippen molar-refractivity contribution in [2.45, 2.75) is 38.7 Å². The van der Waals surface area contributed by atoms with Crippen molar-refractivity contribution in [3.8, 4) is 0 Å². The smallest absolute Gasteiger partial charge is 0.407 e. The number of hydrogen-bond acceptors (Lipinski definition) is 8. The second-order valence-corrected chi connectivity index (χ2v) is 11.7. The number of carbonyl (C=O) groups excluding carboxylic acids is 2. The number of alkyl carbamates (subject to hydrolysis) is 1. The number of nitrogen functional groups attached to an aromatic ring is 1. The molecule has 2 heterocycles. The Morgan fingerprint density at radius 1 is 0.889 bits per heavy atom. The van der Waals surface area contributed by atoms with Crippen molar-refractivity contribution < 1.29 is 14.3 Å². The van der Waals surface area contributed by atoms with Crippen LogP contribution in [0.5, 0.6) is 0 Å². The predicted octanol–water partition coefficient (Wildman–Crippen LogP) is 5.37. The van der Waals surface area contributed by atoms with E-state index >= 15 is 0 Å². The molecule has 14 heteroatoms. The number of anilines is 2. The molecule has 45 heavy (non-hydrogen) atoms. The summed E-state index contributed by atoms with van der Waals surface area (Å²) in [7, 11) is 0. The Hall–Kier alpha value is -4.94. The molecule has 2 amide bonds. The SMILES string of the molecule is CC(C)(C)OC(=O)NCCC(C(=O)Nc1ccc2c(=O)[nH]cnc2c1)c1ccc(Cl)c(Cl)c1.Nc1ccc2c(=O)[nH]cnc2c1. The number of aromatic amines is 2. The lowest BCUT2D eigenvalue weighted by atomic mass is 9.94. The number of carbonyl (C=O) groups is 2. The lowest BCUT2D eigenvalue weighted by molar-refractivity contribution is -0.117. The number of fused-ring (bicyclic) bond motifs is 2. The zero-order valence-electron chi connectivity index (χ0n) is 24.6. The van der Waals surface area contributed by atoms with Gasteiger partial charge in [-0.25, -0.2) is 14.8 Å². The van der Waals surface area contributed by atoms with Gasteiger partial charge in [-0.15, -0.1) is 0 Å². The zero-order chi connectivity index (χ0) is 32.7. The first-order valence-electron chi connectivity index (χ1n) is 13.7. The number of nitrogens with two attached hydrogens (primary N) is 1. The molecule has 0 saturated carbocycles. The summed E-state index contributed by atoms with van der Waals surface area (Å²) in [6.07, 6.45) is 2.39. The minimum atomic E-state index is -0.641. The topological polar surface area (TPSA) is 185 Å². The number of ether oxygens (including phenoxy) is 1. The first-order chi connectivity index (χ1) is 21.3. The van der Waals surface area contributed by atoms with Crippen molar-refractivity contribution in [3.63, 3.8) is 0 Å². The molecule has 234 valence electrons. The Morgan fingerprint density at radius 3 is 2.13 bits per heavy atom. The van der Waals surface area contributed by atoms with E-state index in [0.29, 0.717) is 48.8 Å². The molecule has 3 aromatic carbocycles. The number of benzene rings is 3. The van der Waals surface area contributed by atoms with E-state index in [9.17, 15) is 19.2 Å². The molecular formula is C31H31Cl2N7O5. The standard InChI is InChI=1S/C23H24Cl2N4O4.C8H7N3O/c1-23(2,3)33-22(32)26-9-8-15(13-4-7-17(24)18(25)10-13)21(31)29-14-5-6-16-19(11-14)27-12-28-20(16)30;9-5-1-2-6-7(3-5)10-4-11-8(6)12/h4-7,10-12,15H,8-9H2,1-3H3,(H,26,32)(H,29,31)(H,27,28,30);1-4H,9H2,(H,10,11,12). The van der Waals surface area contributed by atoms with Gasteiger partial charge in [0, 0.05) is 17.9 Å². The Balaban J connectivity index is 0.000000318. The number of amides is 2. The molecule has 0 aliphatic rings. The highest BCUT2D eigenvalue weighted by Gasteiger charge is 2.23. The maximum absolute atomic E-state index is 13.2. The average Bonchev–Trinajstić information content (AvgIpc) is 2.96. The fraction of sp³-hybridized carbons (Fsp3) is 0.226. The van der Waals surface area contributed by atoms with E-state index in [4.69, 9.17) is 33.7 Å². The van der Waals surface area contributed by atoms with Gasteiger partial charge in [0.05, 0.1) is 50.4 Å². The van der Waals surface area contributed by atoms with Gasteiger partial charge in [0.1, 0.15) is 5.60 Å². The predicted molar refractivity (Wildman–Crippen MR) is 176 cm³/mol. The van der Waals surface area contributed by atoms with E-state index in [0.717, 1.165) is 0 Å². The fourth-order valence-corrected chi connectivity index (χ4v) is 4.58. The van der Waals surface area contributed by atoms with E-state index in [2.05, 4.69) is 30.6 Å². The molecule has 2 aromatic heterocycles. The van der Waals surface area contributed by atoms with Crippen LogP contribution in [0, 0.1) is 0 Å². The van der Waals surface area contributed by atoms with Gasteiger partial charge in [-0.3, -0.25) is 14.4 Å². The van der Waals surface area contributed by atoms with Crippen LogP contribution in [0.2, 0.25) is 10.0 Å². The summed E-state index contributed by atoms with van der Waals surface area (Å²) >= 11 is 12.2. The van der Waals surface area contributed by atoms with Gasteiger partial charge in [0.25, 0.3) is 11.1 Å². The molecule has 5 aromatic rings. The van der Waals surface area contributed by atoms with E-state index in [1.54, 1.807) is 75.4 Å². The van der Waals surface area contributed by atoms with Gasteiger partial charge in [0.2, 0.25) is 5.91 Å². The highest BCUT2D eigenvalue weighted by molar-refractivity contribution is 6.42. The second-order valence-electron chi connectivity index (χ2n) is 10.9. The molecule has 6 N–H and O–H groups in total. The van der Waals surface area contributed by atoms with E-state index in [1.807, 2.05) is 0 Å². The molecule has 0 fully saturated rings. The highest BCUT2D eigenvalue weighted by atomic mass is 35.5. The largest absolute Gasteiger partial charge is 0.444 e. The summed E-state index contributed by atoms with van der Waals surface area (Å²) in [5, 5.41) is 7.19. The Bertz CT molecular complexity index is 1970. The van der Waals surface area contributed by atoms with Crippen molar-refractivity contribution in [2.24, 2.45) is 0 Å². The van der Waals surface area contributed by atoms with Crippen LogP contribution in [-0.4, -0.2) is 44.1 Å². The Kier molecular flexibility index (Phi) is 10.4. The number of aromatic nitrogens is 4. The monoisotopic (exact) mass is 651 g/mol. The quantitative estimate of drug-likeness (QED) is 0.152. The first-order valence-corrected chi connectivity index (χ1v) is 14.5. The number of halogens is 2. The van der Waals surface area contributed by atoms with Crippen molar-refractivity contribution >= 4 is 68.4 Å². The lowest BCUT2D eigenvalue weighted by Crippen LogP contribution is -2.34. The van der Waals surface area contributed by atoms with Crippen molar-refractivity contribution in [2.75, 3.05) is 17.6 Å². The van der Waals surface area contributed by atoms with Crippen LogP contribution in [0.1, 0.15) is 38.7 Å². The first kappa shape index (κ1) is 33.0. The number of nitrogens with zero attached hydrogens (tertiary/aromatic N) is 2. The summed E-state index contributed by atoms with van der Waals surface area (Å²) in [6, 6.07) is 14.8. The van der Waals surface area contributed by atoms with Crippen molar-refractivity contribution in [1.82, 2.24) is 25.3 Å². The summed E-state index contributed by atoms with van der Waals surface area (Å²) < 4.78 is 5.24.